The van der Waals surface area contributed by atoms with Crippen molar-refractivity contribution in [3.63, 3.8) is 0 Å². The van der Waals surface area contributed by atoms with Crippen molar-refractivity contribution in [2.75, 3.05) is 20.6 Å². The van der Waals surface area contributed by atoms with E-state index in [0.29, 0.717) is 11.8 Å². The number of likely N-dealkylation sites (N-methyl/N-ethyl adjacent to an activating group) is 1. The molecular formula is C29H43N3O2. The Morgan fingerprint density at radius 3 is 1.59 bits per heavy atom. The van der Waals surface area contributed by atoms with Gasteiger partial charge in [-0.15, -0.1) is 0 Å². The number of carbonyl (C=O) groups is 2. The molecule has 0 saturated heterocycles. The van der Waals surface area contributed by atoms with Crippen LogP contribution in [0.25, 0.3) is 0 Å². The smallest absolute Gasteiger partial charge is 0.232 e. The van der Waals surface area contributed by atoms with Gasteiger partial charge in [0.05, 0.1) is 16.9 Å². The second-order valence-corrected chi connectivity index (χ2v) is 14.1. The van der Waals surface area contributed by atoms with Crippen LogP contribution in [0.4, 0.5) is 0 Å². The predicted molar refractivity (Wildman–Crippen MR) is 131 cm³/mol. The van der Waals surface area contributed by atoms with Gasteiger partial charge in [-0.05, 0) is 113 Å². The summed E-state index contributed by atoms with van der Waals surface area (Å²) in [7, 11) is 4.04. The quantitative estimate of drug-likeness (QED) is 0.663. The maximum absolute atomic E-state index is 13.9. The molecule has 1 atom stereocenters. The minimum absolute atomic E-state index is 0.0915. The summed E-state index contributed by atoms with van der Waals surface area (Å²) < 4.78 is 0. The van der Waals surface area contributed by atoms with Gasteiger partial charge in [0.15, 0.2) is 0 Å². The van der Waals surface area contributed by atoms with E-state index in [4.69, 9.17) is 0 Å². The summed E-state index contributed by atoms with van der Waals surface area (Å²) in [6.07, 6.45) is 17.7. The Morgan fingerprint density at radius 2 is 1.15 bits per heavy atom. The highest BCUT2D eigenvalue weighted by molar-refractivity contribution is 5.85. The molecule has 2 amide bonds. The first-order chi connectivity index (χ1) is 16.3. The van der Waals surface area contributed by atoms with E-state index < -0.39 is 0 Å². The number of hydrogen-bond donors (Lipinski definition) is 1. The Bertz CT molecular complexity index is 852. The Kier molecular flexibility index (Phi) is 4.79. The molecule has 0 radical (unpaired) electrons. The molecule has 0 aromatic rings. The molecule has 8 fully saturated rings. The molecule has 0 spiro atoms. The maximum Gasteiger partial charge on any atom is 0.232 e. The van der Waals surface area contributed by atoms with E-state index in [1.807, 2.05) is 19.0 Å². The number of hydrogen-bond acceptors (Lipinski definition) is 3. The molecule has 5 heteroatoms. The molecule has 8 bridgehead atoms. The van der Waals surface area contributed by atoms with Crippen molar-refractivity contribution in [2.24, 2.45) is 46.3 Å². The average molecular weight is 466 g/mol. The molecule has 8 saturated carbocycles. The van der Waals surface area contributed by atoms with E-state index in [2.05, 4.69) is 16.4 Å². The second-order valence-electron chi connectivity index (χ2n) is 14.1. The summed E-state index contributed by atoms with van der Waals surface area (Å²) >= 11 is 0. The van der Waals surface area contributed by atoms with Gasteiger partial charge in [0, 0.05) is 39.0 Å². The number of nitrogens with zero attached hydrogens (tertiary/aromatic N) is 2. The van der Waals surface area contributed by atoms with Gasteiger partial charge >= 0.3 is 0 Å². The molecule has 9 aliphatic rings. The Labute approximate surface area is 205 Å². The minimum Gasteiger partial charge on any atom is -0.387 e. The van der Waals surface area contributed by atoms with Crippen molar-refractivity contribution in [2.45, 2.75) is 89.5 Å². The van der Waals surface area contributed by atoms with E-state index in [0.717, 1.165) is 92.7 Å². The van der Waals surface area contributed by atoms with Gasteiger partial charge in [-0.3, -0.25) is 9.59 Å². The van der Waals surface area contributed by atoms with E-state index >= 15 is 0 Å². The fraction of sp³-hybridized carbons (Fsp3) is 0.862. The van der Waals surface area contributed by atoms with Crippen LogP contribution in [-0.2, 0) is 9.59 Å². The monoisotopic (exact) mass is 465 g/mol. The van der Waals surface area contributed by atoms with E-state index in [1.54, 1.807) is 0 Å². The highest BCUT2D eigenvalue weighted by Crippen LogP contribution is 2.62. The summed E-state index contributed by atoms with van der Waals surface area (Å²) in [4.78, 5) is 31.9. The molecule has 8 aliphatic carbocycles. The van der Waals surface area contributed by atoms with Crippen LogP contribution in [0.1, 0.15) is 83.5 Å². The first kappa shape index (κ1) is 21.7. The van der Waals surface area contributed by atoms with Crippen molar-refractivity contribution < 1.29 is 9.59 Å². The average Bonchev–Trinajstić information content (AvgIpc) is 2.80. The molecule has 1 unspecified atom stereocenters. The first-order valence-electron chi connectivity index (χ1n) is 14.3. The lowest BCUT2D eigenvalue weighted by Gasteiger charge is -2.57. The zero-order chi connectivity index (χ0) is 23.2. The van der Waals surface area contributed by atoms with E-state index in [9.17, 15) is 9.59 Å². The van der Waals surface area contributed by atoms with Crippen molar-refractivity contribution in [1.82, 2.24) is 15.1 Å². The Hall–Kier alpha value is -1.52. The van der Waals surface area contributed by atoms with Gasteiger partial charge < -0.3 is 15.1 Å². The highest BCUT2D eigenvalue weighted by atomic mass is 16.2. The Balaban J connectivity index is 1.05. The van der Waals surface area contributed by atoms with Crippen molar-refractivity contribution >= 4 is 11.8 Å². The van der Waals surface area contributed by atoms with Crippen LogP contribution in [0, 0.1) is 46.3 Å². The maximum atomic E-state index is 13.9. The minimum atomic E-state index is -0.113. The fourth-order valence-electron chi connectivity index (χ4n) is 11.0. The molecule has 5 nitrogen and oxygen atoms in total. The molecule has 9 rings (SSSR count). The number of amides is 2. The molecule has 1 aliphatic heterocycles. The second kappa shape index (κ2) is 7.49. The third kappa shape index (κ3) is 3.24. The fourth-order valence-corrected chi connectivity index (χ4v) is 11.0. The lowest BCUT2D eigenvalue weighted by molar-refractivity contribution is -0.158. The molecular weight excluding hydrogens is 422 g/mol. The van der Waals surface area contributed by atoms with Crippen molar-refractivity contribution in [1.29, 1.82) is 0 Å². The van der Waals surface area contributed by atoms with Crippen LogP contribution in [0.2, 0.25) is 0 Å². The van der Waals surface area contributed by atoms with Crippen LogP contribution in [0.15, 0.2) is 11.9 Å². The summed E-state index contributed by atoms with van der Waals surface area (Å²) in [5.74, 6) is 5.44. The lowest BCUT2D eigenvalue weighted by Crippen LogP contribution is -2.57. The predicted octanol–water partition coefficient (Wildman–Crippen LogP) is 4.54. The van der Waals surface area contributed by atoms with Crippen LogP contribution in [0.3, 0.4) is 0 Å². The third-order valence-electron chi connectivity index (χ3n) is 11.7. The van der Waals surface area contributed by atoms with Crippen LogP contribution in [-0.4, -0.2) is 48.3 Å². The zero-order valence-corrected chi connectivity index (χ0v) is 21.2. The molecule has 0 aromatic carbocycles. The lowest BCUT2D eigenvalue weighted by atomic mass is 9.49. The number of nitrogens with one attached hydrogen (secondary N) is 1. The molecule has 0 aromatic heterocycles. The molecule has 186 valence electrons. The van der Waals surface area contributed by atoms with Crippen LogP contribution in [0.5, 0.6) is 0 Å². The summed E-state index contributed by atoms with van der Waals surface area (Å²) in [5, 5.41) is 3.45. The van der Waals surface area contributed by atoms with Gasteiger partial charge in [-0.1, -0.05) is 0 Å². The van der Waals surface area contributed by atoms with Gasteiger partial charge in [0.2, 0.25) is 11.8 Å². The molecule has 1 heterocycles. The highest BCUT2D eigenvalue weighted by Gasteiger charge is 2.57. The van der Waals surface area contributed by atoms with Crippen molar-refractivity contribution in [3.05, 3.63) is 11.9 Å². The summed E-state index contributed by atoms with van der Waals surface area (Å²) in [6.45, 7) is 0.789. The van der Waals surface area contributed by atoms with Gasteiger partial charge in [-0.25, -0.2) is 0 Å². The normalized spacial score (nSPS) is 47.8. The van der Waals surface area contributed by atoms with Crippen LogP contribution >= 0.6 is 0 Å². The number of carbonyl (C=O) groups excluding carboxylic acids is 2. The summed E-state index contributed by atoms with van der Waals surface area (Å²) in [6, 6.07) is 0.132. The molecule has 34 heavy (non-hydrogen) atoms. The SMILES string of the molecule is CN(C(=O)C12CC3CC(CC(C3)C1)C2)C1=CNCC(N(C)C(=O)C23CC4CC(CC(C4)C2)C3)C1. The topological polar surface area (TPSA) is 52.7 Å². The first-order valence-corrected chi connectivity index (χ1v) is 14.3. The Morgan fingerprint density at radius 1 is 0.735 bits per heavy atom. The van der Waals surface area contributed by atoms with Gasteiger partial charge in [0.1, 0.15) is 0 Å². The number of rotatable bonds is 4. The van der Waals surface area contributed by atoms with E-state index in [1.165, 1.54) is 38.5 Å². The van der Waals surface area contributed by atoms with E-state index in [-0.39, 0.29) is 16.9 Å². The largest absolute Gasteiger partial charge is 0.387 e. The van der Waals surface area contributed by atoms with Gasteiger partial charge in [0.25, 0.3) is 0 Å². The van der Waals surface area contributed by atoms with Crippen LogP contribution < -0.4 is 5.32 Å². The van der Waals surface area contributed by atoms with Crippen molar-refractivity contribution in [3.8, 4) is 0 Å². The molecule has 1 N–H and O–H groups in total. The zero-order valence-electron chi connectivity index (χ0n) is 21.2. The third-order valence-corrected chi connectivity index (χ3v) is 11.7. The summed E-state index contributed by atoms with van der Waals surface area (Å²) in [5.41, 5.74) is 0.867. The van der Waals surface area contributed by atoms with Gasteiger partial charge in [-0.2, -0.15) is 0 Å². The standard InChI is InChI=1S/C29H43N3O2/c1-31(26(33)28-10-18-3-19(11-28)5-20(4-18)12-28)24-9-25(17-30-16-24)32(2)27(34)29-13-21-6-22(14-29)8-23(7-21)15-29/h16,18-23,25,30H,3-15,17H2,1-2H3.